The molecule has 1 fully saturated rings. The Morgan fingerprint density at radius 2 is 1.90 bits per heavy atom. The number of phenolic OH excluding ortho intramolecular Hbond substituents is 1. The average Bonchev–Trinajstić information content (AvgIpc) is 3.01. The first-order valence-electron chi connectivity index (χ1n) is 8.19. The van der Waals surface area contributed by atoms with E-state index >= 15 is 0 Å². The Morgan fingerprint density at radius 3 is 2.71 bits per heavy atom. The molecule has 0 aliphatic heterocycles. The van der Waals surface area contributed by atoms with Gasteiger partial charge in [0, 0.05) is 17.0 Å². The summed E-state index contributed by atoms with van der Waals surface area (Å²) in [4.78, 5) is 0. The standard InChI is InChI=1S/C19H25NO/c1-14(20-13-12-15-6-2-3-7-15)17-11-10-16-8-4-5-9-18(16)19(17)21/h4-5,8-11,14-15,20-21H,2-3,6-7,12-13H2,1H3. The molecule has 2 N–H and O–H groups in total. The highest BCUT2D eigenvalue weighted by Gasteiger charge is 2.16. The van der Waals surface area contributed by atoms with Crippen molar-refractivity contribution in [2.75, 3.05) is 6.54 Å². The zero-order chi connectivity index (χ0) is 14.7. The lowest BCUT2D eigenvalue weighted by molar-refractivity contribution is 0.436. The Morgan fingerprint density at radius 1 is 1.14 bits per heavy atom. The minimum atomic E-state index is 0.191. The second-order valence-electron chi connectivity index (χ2n) is 6.34. The van der Waals surface area contributed by atoms with E-state index in [0.29, 0.717) is 5.75 Å². The number of rotatable bonds is 5. The van der Waals surface area contributed by atoms with Crippen molar-refractivity contribution in [3.05, 3.63) is 42.0 Å². The molecule has 1 atom stereocenters. The van der Waals surface area contributed by atoms with E-state index in [1.54, 1.807) is 0 Å². The maximum absolute atomic E-state index is 10.5. The lowest BCUT2D eigenvalue weighted by Gasteiger charge is -2.18. The summed E-state index contributed by atoms with van der Waals surface area (Å²) in [5.74, 6) is 1.34. The van der Waals surface area contributed by atoms with Crippen molar-refractivity contribution in [3.8, 4) is 5.75 Å². The quantitative estimate of drug-likeness (QED) is 0.828. The van der Waals surface area contributed by atoms with E-state index in [1.165, 1.54) is 32.1 Å². The van der Waals surface area contributed by atoms with Gasteiger partial charge in [-0.05, 0) is 31.2 Å². The van der Waals surface area contributed by atoms with Crippen LogP contribution in [0.15, 0.2) is 36.4 Å². The van der Waals surface area contributed by atoms with Gasteiger partial charge in [0.1, 0.15) is 5.75 Å². The first kappa shape index (κ1) is 14.4. The Bertz CT molecular complexity index is 602. The van der Waals surface area contributed by atoms with Crippen LogP contribution in [0.4, 0.5) is 0 Å². The van der Waals surface area contributed by atoms with E-state index in [9.17, 15) is 5.11 Å². The Labute approximate surface area is 127 Å². The fraction of sp³-hybridized carbons (Fsp3) is 0.474. The van der Waals surface area contributed by atoms with Crippen molar-refractivity contribution in [3.63, 3.8) is 0 Å². The molecule has 1 saturated carbocycles. The predicted octanol–water partition coefficient (Wildman–Crippen LogP) is 4.78. The van der Waals surface area contributed by atoms with Crippen molar-refractivity contribution in [1.29, 1.82) is 0 Å². The summed E-state index contributed by atoms with van der Waals surface area (Å²) < 4.78 is 0. The van der Waals surface area contributed by atoms with Crippen LogP contribution < -0.4 is 5.32 Å². The minimum Gasteiger partial charge on any atom is -0.507 e. The monoisotopic (exact) mass is 283 g/mol. The summed E-state index contributed by atoms with van der Waals surface area (Å²) in [6, 6.07) is 12.3. The largest absolute Gasteiger partial charge is 0.507 e. The van der Waals surface area contributed by atoms with E-state index in [-0.39, 0.29) is 6.04 Å². The summed E-state index contributed by atoms with van der Waals surface area (Å²) in [7, 11) is 0. The highest BCUT2D eigenvalue weighted by molar-refractivity contribution is 5.89. The second-order valence-corrected chi connectivity index (χ2v) is 6.34. The molecular weight excluding hydrogens is 258 g/mol. The maximum atomic E-state index is 10.5. The average molecular weight is 283 g/mol. The molecule has 1 unspecified atom stereocenters. The minimum absolute atomic E-state index is 0.191. The first-order valence-corrected chi connectivity index (χ1v) is 8.19. The molecule has 0 radical (unpaired) electrons. The molecule has 2 heteroatoms. The highest BCUT2D eigenvalue weighted by atomic mass is 16.3. The Kier molecular flexibility index (Phi) is 4.45. The summed E-state index contributed by atoms with van der Waals surface area (Å²) in [6.45, 7) is 3.18. The number of aromatic hydroxyl groups is 1. The molecule has 2 aromatic rings. The van der Waals surface area contributed by atoms with Crippen molar-refractivity contribution < 1.29 is 5.11 Å². The zero-order valence-corrected chi connectivity index (χ0v) is 12.8. The van der Waals surface area contributed by atoms with Crippen LogP contribution in [-0.4, -0.2) is 11.7 Å². The topological polar surface area (TPSA) is 32.3 Å². The number of phenols is 1. The third-order valence-corrected chi connectivity index (χ3v) is 4.88. The second kappa shape index (κ2) is 6.48. The lowest BCUT2D eigenvalue weighted by atomic mass is 10.00. The summed E-state index contributed by atoms with van der Waals surface area (Å²) in [5, 5.41) is 16.1. The number of nitrogens with one attached hydrogen (secondary N) is 1. The Hall–Kier alpha value is -1.54. The van der Waals surface area contributed by atoms with Gasteiger partial charge in [0.25, 0.3) is 0 Å². The van der Waals surface area contributed by atoms with E-state index in [0.717, 1.165) is 28.8 Å². The van der Waals surface area contributed by atoms with Crippen molar-refractivity contribution in [2.24, 2.45) is 5.92 Å². The maximum Gasteiger partial charge on any atom is 0.128 e. The van der Waals surface area contributed by atoms with Crippen LogP contribution in [0.3, 0.4) is 0 Å². The van der Waals surface area contributed by atoms with Gasteiger partial charge in [0.2, 0.25) is 0 Å². The molecule has 1 aliphatic rings. The number of hydrogen-bond donors (Lipinski definition) is 2. The van der Waals surface area contributed by atoms with Gasteiger partial charge >= 0.3 is 0 Å². The van der Waals surface area contributed by atoms with Gasteiger partial charge in [0.15, 0.2) is 0 Å². The lowest BCUT2D eigenvalue weighted by Crippen LogP contribution is -2.21. The number of hydrogen-bond acceptors (Lipinski definition) is 2. The Balaban J connectivity index is 1.66. The van der Waals surface area contributed by atoms with Gasteiger partial charge in [0.05, 0.1) is 0 Å². The summed E-state index contributed by atoms with van der Waals surface area (Å²) in [5.41, 5.74) is 1.00. The highest BCUT2D eigenvalue weighted by Crippen LogP contribution is 2.32. The normalized spacial score (nSPS) is 17.4. The van der Waals surface area contributed by atoms with Crippen LogP contribution in [0.2, 0.25) is 0 Å². The third-order valence-electron chi connectivity index (χ3n) is 4.88. The molecule has 0 saturated heterocycles. The third kappa shape index (κ3) is 3.21. The van der Waals surface area contributed by atoms with Gasteiger partial charge in [-0.1, -0.05) is 62.1 Å². The fourth-order valence-corrected chi connectivity index (χ4v) is 3.53. The molecule has 21 heavy (non-hydrogen) atoms. The zero-order valence-electron chi connectivity index (χ0n) is 12.8. The molecule has 0 bridgehead atoms. The van der Waals surface area contributed by atoms with Crippen molar-refractivity contribution >= 4 is 10.8 Å². The smallest absolute Gasteiger partial charge is 0.128 e. The molecule has 1 aliphatic carbocycles. The van der Waals surface area contributed by atoms with Crippen LogP contribution in [0.1, 0.15) is 50.6 Å². The van der Waals surface area contributed by atoms with Gasteiger partial charge in [-0.3, -0.25) is 0 Å². The molecule has 0 spiro atoms. The van der Waals surface area contributed by atoms with Crippen LogP contribution in [0.5, 0.6) is 5.75 Å². The van der Waals surface area contributed by atoms with Crippen LogP contribution in [-0.2, 0) is 0 Å². The van der Waals surface area contributed by atoms with Gasteiger partial charge in [-0.15, -0.1) is 0 Å². The molecule has 0 aromatic heterocycles. The van der Waals surface area contributed by atoms with E-state index in [1.807, 2.05) is 30.3 Å². The molecule has 3 rings (SSSR count). The SMILES string of the molecule is CC(NCCC1CCCC1)c1ccc2ccccc2c1O. The van der Waals surface area contributed by atoms with E-state index in [2.05, 4.69) is 18.3 Å². The van der Waals surface area contributed by atoms with E-state index in [4.69, 9.17) is 0 Å². The summed E-state index contributed by atoms with van der Waals surface area (Å²) in [6.07, 6.45) is 6.88. The molecule has 2 aromatic carbocycles. The van der Waals surface area contributed by atoms with E-state index < -0.39 is 0 Å². The van der Waals surface area contributed by atoms with Crippen molar-refractivity contribution in [2.45, 2.75) is 45.1 Å². The predicted molar refractivity (Wildman–Crippen MR) is 88.6 cm³/mol. The van der Waals surface area contributed by atoms with Gasteiger partial charge in [-0.25, -0.2) is 0 Å². The summed E-state index contributed by atoms with van der Waals surface area (Å²) >= 11 is 0. The van der Waals surface area contributed by atoms with Crippen LogP contribution in [0.25, 0.3) is 10.8 Å². The molecule has 2 nitrogen and oxygen atoms in total. The molecule has 0 amide bonds. The number of benzene rings is 2. The molecule has 112 valence electrons. The van der Waals surface area contributed by atoms with Crippen LogP contribution >= 0.6 is 0 Å². The van der Waals surface area contributed by atoms with Crippen LogP contribution in [0, 0.1) is 5.92 Å². The molecular formula is C19H25NO. The number of fused-ring (bicyclic) bond motifs is 1. The van der Waals surface area contributed by atoms with Gasteiger partial charge < -0.3 is 10.4 Å². The molecule has 0 heterocycles. The van der Waals surface area contributed by atoms with Gasteiger partial charge in [-0.2, -0.15) is 0 Å². The first-order chi connectivity index (χ1) is 10.3. The van der Waals surface area contributed by atoms with Crippen molar-refractivity contribution in [1.82, 2.24) is 5.32 Å². The fourth-order valence-electron chi connectivity index (χ4n) is 3.53.